The number of nitrogens with one attached hydrogen (secondary N) is 1. The Labute approximate surface area is 122 Å². The first-order valence-electron chi connectivity index (χ1n) is 7.70. The normalized spacial score (nSPS) is 16.6. The van der Waals surface area contributed by atoms with E-state index in [1.54, 1.807) is 0 Å². The van der Waals surface area contributed by atoms with E-state index >= 15 is 0 Å². The summed E-state index contributed by atoms with van der Waals surface area (Å²) in [5.74, 6) is 1.33. The fraction of sp³-hybridized carbons (Fsp3) is 0.647. The van der Waals surface area contributed by atoms with Gasteiger partial charge >= 0.3 is 0 Å². The summed E-state index contributed by atoms with van der Waals surface area (Å²) in [5.41, 5.74) is 2.61. The summed E-state index contributed by atoms with van der Waals surface area (Å²) in [4.78, 5) is 0. The minimum absolute atomic E-state index is 0.413. The third-order valence-corrected chi connectivity index (χ3v) is 3.72. The van der Waals surface area contributed by atoms with Gasteiger partial charge in [0.2, 0.25) is 0 Å². The summed E-state index contributed by atoms with van der Waals surface area (Å²) in [7, 11) is 0. The van der Waals surface area contributed by atoms with Gasteiger partial charge < -0.3 is 15.2 Å². The molecule has 1 saturated carbocycles. The fourth-order valence-corrected chi connectivity index (χ4v) is 2.12. The number of aliphatic hydroxyl groups excluding tert-OH is 1. The van der Waals surface area contributed by atoms with Gasteiger partial charge in [-0.15, -0.1) is 0 Å². The van der Waals surface area contributed by atoms with Gasteiger partial charge in [-0.05, 0) is 35.8 Å². The molecule has 0 aliphatic heterocycles. The first-order chi connectivity index (χ1) is 9.65. The summed E-state index contributed by atoms with van der Waals surface area (Å²) in [6.07, 6.45) is 2.17. The molecule has 1 atom stereocenters. The Balaban J connectivity index is 1.59. The Bertz CT molecular complexity index is 384. The van der Waals surface area contributed by atoms with E-state index in [-0.39, 0.29) is 0 Å². The van der Waals surface area contributed by atoms with Gasteiger partial charge in [0.25, 0.3) is 0 Å². The van der Waals surface area contributed by atoms with E-state index in [0.717, 1.165) is 19.1 Å². The van der Waals surface area contributed by atoms with Crippen LogP contribution in [0.2, 0.25) is 0 Å². The van der Waals surface area contributed by atoms with Crippen LogP contribution in [0, 0.1) is 5.92 Å². The molecule has 3 nitrogen and oxygen atoms in total. The van der Waals surface area contributed by atoms with E-state index in [1.807, 2.05) is 0 Å². The van der Waals surface area contributed by atoms with Gasteiger partial charge in [0.1, 0.15) is 0 Å². The number of hydrogen-bond acceptors (Lipinski definition) is 3. The monoisotopic (exact) mass is 277 g/mol. The molecule has 0 heterocycles. The molecular formula is C17H27NO2. The van der Waals surface area contributed by atoms with Crippen molar-refractivity contribution in [1.82, 2.24) is 5.32 Å². The van der Waals surface area contributed by atoms with E-state index in [4.69, 9.17) is 4.74 Å². The van der Waals surface area contributed by atoms with Gasteiger partial charge in [0.15, 0.2) is 0 Å². The van der Waals surface area contributed by atoms with Crippen LogP contribution < -0.4 is 5.32 Å². The van der Waals surface area contributed by atoms with Gasteiger partial charge in [0, 0.05) is 19.7 Å². The van der Waals surface area contributed by atoms with Crippen molar-refractivity contribution in [3.8, 4) is 0 Å². The molecule has 1 aliphatic carbocycles. The quantitative estimate of drug-likeness (QED) is 0.729. The summed E-state index contributed by atoms with van der Waals surface area (Å²) in [5, 5.41) is 13.1. The number of ether oxygens (including phenoxy) is 1. The van der Waals surface area contributed by atoms with Crippen molar-refractivity contribution in [1.29, 1.82) is 0 Å². The lowest BCUT2D eigenvalue weighted by molar-refractivity contribution is 0.0324. The van der Waals surface area contributed by atoms with Gasteiger partial charge in [-0.1, -0.05) is 38.1 Å². The highest BCUT2D eigenvalue weighted by Gasteiger charge is 2.21. The fourth-order valence-electron chi connectivity index (χ4n) is 2.12. The van der Waals surface area contributed by atoms with Crippen LogP contribution in [0.25, 0.3) is 0 Å². The van der Waals surface area contributed by atoms with Crippen molar-refractivity contribution >= 4 is 0 Å². The van der Waals surface area contributed by atoms with Gasteiger partial charge in [0.05, 0.1) is 12.7 Å². The Kier molecular flexibility index (Phi) is 6.02. The summed E-state index contributed by atoms with van der Waals surface area (Å²) < 4.78 is 5.47. The van der Waals surface area contributed by atoms with Crippen LogP contribution >= 0.6 is 0 Å². The van der Waals surface area contributed by atoms with E-state index in [2.05, 4.69) is 43.4 Å². The smallest absolute Gasteiger partial charge is 0.0897 e. The Morgan fingerprint density at radius 2 is 1.95 bits per heavy atom. The molecule has 1 aliphatic rings. The zero-order valence-corrected chi connectivity index (χ0v) is 12.6. The standard InChI is InChI=1S/C17H27NO2/c1-13(2)16-7-5-14(6-8-16)9-18-10-17(19)12-20-11-15-3-4-15/h5-8,13,15,17-19H,3-4,9-12H2,1-2H3. The molecule has 0 bridgehead atoms. The number of hydrogen-bond donors (Lipinski definition) is 2. The predicted molar refractivity (Wildman–Crippen MR) is 81.8 cm³/mol. The molecule has 1 fully saturated rings. The van der Waals surface area contributed by atoms with Crippen molar-refractivity contribution in [2.24, 2.45) is 5.92 Å². The molecule has 0 radical (unpaired) electrons. The highest BCUT2D eigenvalue weighted by molar-refractivity contribution is 5.24. The minimum atomic E-state index is -0.413. The van der Waals surface area contributed by atoms with Crippen LogP contribution in [0.5, 0.6) is 0 Å². The molecule has 3 heteroatoms. The molecule has 0 aromatic heterocycles. The second-order valence-corrected chi connectivity index (χ2v) is 6.16. The van der Waals surface area contributed by atoms with Crippen LogP contribution in [0.4, 0.5) is 0 Å². The second kappa shape index (κ2) is 7.77. The Morgan fingerprint density at radius 1 is 1.25 bits per heavy atom. The lowest BCUT2D eigenvalue weighted by Crippen LogP contribution is -2.30. The van der Waals surface area contributed by atoms with Crippen molar-refractivity contribution in [2.75, 3.05) is 19.8 Å². The maximum Gasteiger partial charge on any atom is 0.0897 e. The van der Waals surface area contributed by atoms with Crippen LogP contribution in [-0.2, 0) is 11.3 Å². The topological polar surface area (TPSA) is 41.5 Å². The highest BCUT2D eigenvalue weighted by atomic mass is 16.5. The van der Waals surface area contributed by atoms with Crippen LogP contribution in [0.1, 0.15) is 43.7 Å². The molecule has 2 rings (SSSR count). The Hall–Kier alpha value is -0.900. The van der Waals surface area contributed by atoms with Gasteiger partial charge in [-0.3, -0.25) is 0 Å². The van der Waals surface area contributed by atoms with Crippen LogP contribution in [-0.4, -0.2) is 31.0 Å². The molecule has 0 spiro atoms. The molecule has 20 heavy (non-hydrogen) atoms. The molecule has 1 unspecified atom stereocenters. The zero-order valence-electron chi connectivity index (χ0n) is 12.6. The lowest BCUT2D eigenvalue weighted by atomic mass is 10.0. The molecule has 0 saturated heterocycles. The van der Waals surface area contributed by atoms with Crippen molar-refractivity contribution in [3.05, 3.63) is 35.4 Å². The molecule has 112 valence electrons. The van der Waals surface area contributed by atoms with E-state index in [0.29, 0.717) is 19.1 Å². The minimum Gasteiger partial charge on any atom is -0.389 e. The van der Waals surface area contributed by atoms with Gasteiger partial charge in [-0.25, -0.2) is 0 Å². The molecule has 1 aromatic carbocycles. The second-order valence-electron chi connectivity index (χ2n) is 6.16. The summed E-state index contributed by atoms with van der Waals surface area (Å²) >= 11 is 0. The molecule has 1 aromatic rings. The average molecular weight is 277 g/mol. The van der Waals surface area contributed by atoms with Crippen molar-refractivity contribution in [2.45, 2.75) is 45.3 Å². The van der Waals surface area contributed by atoms with Crippen LogP contribution in [0.15, 0.2) is 24.3 Å². The van der Waals surface area contributed by atoms with Crippen LogP contribution in [0.3, 0.4) is 0 Å². The first-order valence-corrected chi connectivity index (χ1v) is 7.70. The van der Waals surface area contributed by atoms with E-state index in [9.17, 15) is 5.11 Å². The SMILES string of the molecule is CC(C)c1ccc(CNCC(O)COCC2CC2)cc1. The summed E-state index contributed by atoms with van der Waals surface area (Å²) in [6.45, 7) is 7.02. The molecule has 0 amide bonds. The molecule has 2 N–H and O–H groups in total. The van der Waals surface area contributed by atoms with E-state index < -0.39 is 6.10 Å². The predicted octanol–water partition coefficient (Wildman–Crippen LogP) is 2.69. The molecular weight excluding hydrogens is 250 g/mol. The zero-order chi connectivity index (χ0) is 14.4. The highest BCUT2D eigenvalue weighted by Crippen LogP contribution is 2.28. The number of rotatable bonds is 9. The third-order valence-electron chi connectivity index (χ3n) is 3.72. The maximum atomic E-state index is 9.79. The van der Waals surface area contributed by atoms with Crippen molar-refractivity contribution < 1.29 is 9.84 Å². The third kappa shape index (κ3) is 5.61. The largest absolute Gasteiger partial charge is 0.389 e. The van der Waals surface area contributed by atoms with E-state index in [1.165, 1.54) is 24.0 Å². The lowest BCUT2D eigenvalue weighted by Gasteiger charge is -2.13. The van der Waals surface area contributed by atoms with Gasteiger partial charge in [-0.2, -0.15) is 0 Å². The first kappa shape index (κ1) is 15.5. The maximum absolute atomic E-state index is 9.79. The Morgan fingerprint density at radius 3 is 2.55 bits per heavy atom. The summed E-state index contributed by atoms with van der Waals surface area (Å²) in [6, 6.07) is 8.66. The van der Waals surface area contributed by atoms with Crippen molar-refractivity contribution in [3.63, 3.8) is 0 Å². The number of aliphatic hydroxyl groups is 1. The average Bonchev–Trinajstić information content (AvgIpc) is 3.23. The number of benzene rings is 1.